The summed E-state index contributed by atoms with van der Waals surface area (Å²) >= 11 is 0. The number of aromatic amines is 1. The number of hydrogen-bond acceptors (Lipinski definition) is 7. The highest BCUT2D eigenvalue weighted by atomic mass is 32.2. The lowest BCUT2D eigenvalue weighted by atomic mass is 10.1. The molecule has 1 aromatic carbocycles. The van der Waals surface area contributed by atoms with Crippen LogP contribution in [0.3, 0.4) is 0 Å². The Bertz CT molecular complexity index is 1360. The number of H-pyrrole nitrogens is 1. The first-order valence-electron chi connectivity index (χ1n) is 9.57. The lowest BCUT2D eigenvalue weighted by Gasteiger charge is -2.12. The molecule has 1 N–H and O–H groups in total. The Morgan fingerprint density at radius 3 is 2.73 bits per heavy atom. The third kappa shape index (κ3) is 3.11. The van der Waals surface area contributed by atoms with Crippen molar-refractivity contribution in [3.63, 3.8) is 0 Å². The summed E-state index contributed by atoms with van der Waals surface area (Å²) in [6, 6.07) is 6.99. The van der Waals surface area contributed by atoms with Crippen molar-refractivity contribution in [3.05, 3.63) is 58.7 Å². The number of nitro benzene ring substituents is 1. The van der Waals surface area contributed by atoms with E-state index in [1.807, 2.05) is 16.7 Å². The van der Waals surface area contributed by atoms with Gasteiger partial charge in [-0.15, -0.1) is 10.2 Å². The second-order valence-corrected chi connectivity index (χ2v) is 9.66. The summed E-state index contributed by atoms with van der Waals surface area (Å²) in [7, 11) is -3.53. The zero-order chi connectivity index (χ0) is 20.9. The standard InChI is InChI=1S/C19H18N6O4S/c26-25(27)14-3-5-15(6-4-14)30(28,29)11-12-1-2-13(9-12)19-23-22-17-10-21-18-16(24(17)19)7-8-20-18/h3-8,10,12-13,20H,1-2,9,11H2/t12-,13+/m0/s1. The van der Waals surface area contributed by atoms with Gasteiger partial charge in [0, 0.05) is 24.2 Å². The number of rotatable bonds is 5. The van der Waals surface area contributed by atoms with E-state index in [0.717, 1.165) is 29.8 Å². The van der Waals surface area contributed by atoms with Gasteiger partial charge in [-0.1, -0.05) is 0 Å². The van der Waals surface area contributed by atoms with E-state index in [0.29, 0.717) is 12.1 Å². The Kier molecular flexibility index (Phi) is 4.28. The molecule has 3 aromatic heterocycles. The molecule has 0 spiro atoms. The highest BCUT2D eigenvalue weighted by Gasteiger charge is 2.33. The van der Waals surface area contributed by atoms with Gasteiger partial charge in [-0.2, -0.15) is 0 Å². The zero-order valence-electron chi connectivity index (χ0n) is 15.8. The number of fused-ring (bicyclic) bond motifs is 3. The number of aromatic nitrogens is 5. The molecule has 5 rings (SSSR count). The van der Waals surface area contributed by atoms with Crippen LogP contribution in [0.2, 0.25) is 0 Å². The van der Waals surface area contributed by atoms with E-state index in [9.17, 15) is 18.5 Å². The highest BCUT2D eigenvalue weighted by molar-refractivity contribution is 7.91. The van der Waals surface area contributed by atoms with Crippen LogP contribution in [0.15, 0.2) is 47.6 Å². The van der Waals surface area contributed by atoms with Crippen molar-refractivity contribution in [3.8, 4) is 0 Å². The summed E-state index contributed by atoms with van der Waals surface area (Å²) in [6.07, 6.45) is 5.78. The van der Waals surface area contributed by atoms with Crippen molar-refractivity contribution in [2.75, 3.05) is 5.75 Å². The third-order valence-corrected chi connectivity index (χ3v) is 7.64. The SMILES string of the molecule is O=[N+]([O-])c1ccc(S(=O)(=O)C[C@H]2CC[C@@H](c3nnc4cnc5[nH]ccc5n34)C2)cc1. The Labute approximate surface area is 171 Å². The molecule has 0 aliphatic heterocycles. The van der Waals surface area contributed by atoms with Crippen LogP contribution in [0.1, 0.15) is 31.0 Å². The predicted molar refractivity (Wildman–Crippen MR) is 108 cm³/mol. The molecule has 0 amide bonds. The molecule has 3 heterocycles. The maximum atomic E-state index is 12.8. The summed E-state index contributed by atoms with van der Waals surface area (Å²) in [5.41, 5.74) is 2.19. The van der Waals surface area contributed by atoms with Crippen LogP contribution in [0.25, 0.3) is 16.8 Å². The van der Waals surface area contributed by atoms with Crippen molar-refractivity contribution in [2.24, 2.45) is 5.92 Å². The number of hydrogen-bond donors (Lipinski definition) is 1. The molecule has 1 saturated carbocycles. The Hall–Kier alpha value is -3.34. The Morgan fingerprint density at radius 2 is 1.97 bits per heavy atom. The molecular formula is C19H18N6O4S. The smallest absolute Gasteiger partial charge is 0.269 e. The van der Waals surface area contributed by atoms with Gasteiger partial charge in [0.15, 0.2) is 21.1 Å². The fourth-order valence-electron chi connectivity index (χ4n) is 4.30. The fraction of sp³-hybridized carbons (Fsp3) is 0.316. The zero-order valence-corrected chi connectivity index (χ0v) is 16.6. The van der Waals surface area contributed by atoms with E-state index >= 15 is 0 Å². The van der Waals surface area contributed by atoms with Gasteiger partial charge in [0.05, 0.1) is 27.3 Å². The predicted octanol–water partition coefficient (Wildman–Crippen LogP) is 2.87. The quantitative estimate of drug-likeness (QED) is 0.383. The van der Waals surface area contributed by atoms with Crippen molar-refractivity contribution in [1.82, 2.24) is 24.6 Å². The lowest BCUT2D eigenvalue weighted by Crippen LogP contribution is -2.14. The Balaban J connectivity index is 1.37. The second-order valence-electron chi connectivity index (χ2n) is 7.63. The summed E-state index contributed by atoms with van der Waals surface area (Å²) in [6.45, 7) is 0. The van der Waals surface area contributed by atoms with Crippen LogP contribution in [0.4, 0.5) is 5.69 Å². The largest absolute Gasteiger partial charge is 0.345 e. The van der Waals surface area contributed by atoms with Crippen molar-refractivity contribution < 1.29 is 13.3 Å². The lowest BCUT2D eigenvalue weighted by molar-refractivity contribution is -0.384. The second kappa shape index (κ2) is 6.87. The Morgan fingerprint density at radius 1 is 1.17 bits per heavy atom. The molecule has 1 aliphatic carbocycles. The van der Waals surface area contributed by atoms with Crippen LogP contribution < -0.4 is 0 Å². The molecular weight excluding hydrogens is 408 g/mol. The first kappa shape index (κ1) is 18.7. The van der Waals surface area contributed by atoms with Gasteiger partial charge in [0.1, 0.15) is 5.82 Å². The van der Waals surface area contributed by atoms with Gasteiger partial charge in [-0.05, 0) is 43.4 Å². The number of non-ortho nitro benzene ring substituents is 1. The van der Waals surface area contributed by atoms with E-state index < -0.39 is 14.8 Å². The average molecular weight is 426 g/mol. The normalized spacial score (nSPS) is 19.6. The molecule has 4 aromatic rings. The average Bonchev–Trinajstić information content (AvgIpc) is 3.45. The maximum absolute atomic E-state index is 12.8. The van der Waals surface area contributed by atoms with Crippen LogP contribution in [-0.4, -0.2) is 43.7 Å². The fourth-order valence-corrected chi connectivity index (χ4v) is 5.97. The highest BCUT2D eigenvalue weighted by Crippen LogP contribution is 2.39. The van der Waals surface area contributed by atoms with E-state index in [1.165, 1.54) is 24.3 Å². The number of nitrogens with one attached hydrogen (secondary N) is 1. The molecule has 30 heavy (non-hydrogen) atoms. The molecule has 0 unspecified atom stereocenters. The van der Waals surface area contributed by atoms with Crippen LogP contribution >= 0.6 is 0 Å². The topological polar surface area (TPSA) is 136 Å². The van der Waals surface area contributed by atoms with Gasteiger partial charge in [0.25, 0.3) is 5.69 Å². The van der Waals surface area contributed by atoms with Gasteiger partial charge < -0.3 is 4.98 Å². The number of sulfone groups is 1. The van der Waals surface area contributed by atoms with Crippen LogP contribution in [-0.2, 0) is 9.84 Å². The third-order valence-electron chi connectivity index (χ3n) is 5.74. The van der Waals surface area contributed by atoms with E-state index in [2.05, 4.69) is 20.2 Å². The van der Waals surface area contributed by atoms with Gasteiger partial charge in [-0.3, -0.25) is 14.5 Å². The van der Waals surface area contributed by atoms with Crippen LogP contribution in [0, 0.1) is 16.0 Å². The van der Waals surface area contributed by atoms with Crippen molar-refractivity contribution in [2.45, 2.75) is 30.1 Å². The number of nitro groups is 1. The molecule has 10 nitrogen and oxygen atoms in total. The van der Waals surface area contributed by atoms with Gasteiger partial charge in [0.2, 0.25) is 0 Å². The molecule has 1 fully saturated rings. The molecule has 0 bridgehead atoms. The molecule has 0 radical (unpaired) electrons. The summed E-state index contributed by atoms with van der Waals surface area (Å²) in [5.74, 6) is 0.940. The van der Waals surface area contributed by atoms with E-state index in [1.54, 1.807) is 6.20 Å². The summed E-state index contributed by atoms with van der Waals surface area (Å²) < 4.78 is 27.6. The number of benzene rings is 1. The van der Waals surface area contributed by atoms with E-state index in [4.69, 9.17) is 0 Å². The molecule has 2 atom stereocenters. The van der Waals surface area contributed by atoms with Gasteiger partial charge in [-0.25, -0.2) is 13.4 Å². The summed E-state index contributed by atoms with van der Waals surface area (Å²) in [4.78, 5) is 17.8. The van der Waals surface area contributed by atoms with E-state index in [-0.39, 0.29) is 28.2 Å². The van der Waals surface area contributed by atoms with Crippen molar-refractivity contribution >= 4 is 32.3 Å². The first-order valence-corrected chi connectivity index (χ1v) is 11.2. The first-order chi connectivity index (χ1) is 14.4. The number of nitrogens with zero attached hydrogens (tertiary/aromatic N) is 5. The molecule has 0 saturated heterocycles. The molecule has 1 aliphatic rings. The van der Waals surface area contributed by atoms with Crippen molar-refractivity contribution in [1.29, 1.82) is 0 Å². The monoisotopic (exact) mass is 426 g/mol. The minimum absolute atomic E-state index is 0.00825. The summed E-state index contributed by atoms with van der Waals surface area (Å²) in [5, 5.41) is 19.4. The molecule has 154 valence electrons. The van der Waals surface area contributed by atoms with Gasteiger partial charge >= 0.3 is 0 Å². The maximum Gasteiger partial charge on any atom is 0.269 e. The minimum Gasteiger partial charge on any atom is -0.345 e. The van der Waals surface area contributed by atoms with Crippen LogP contribution in [0.5, 0.6) is 0 Å². The molecule has 11 heteroatoms. The minimum atomic E-state index is -3.53.